The van der Waals surface area contributed by atoms with Crippen molar-refractivity contribution in [3.05, 3.63) is 17.3 Å². The highest BCUT2D eigenvalue weighted by Gasteiger charge is 2.20. The van der Waals surface area contributed by atoms with Crippen LogP contribution in [0, 0.1) is 0 Å². The molecular weight excluding hydrogens is 200 g/mol. The molecule has 4 nitrogen and oxygen atoms in total. The zero-order chi connectivity index (χ0) is 9.97. The molecule has 0 aromatic carbocycles. The predicted octanol–water partition coefficient (Wildman–Crippen LogP) is 0.928. The number of hydrogen-bond donors (Lipinski definition) is 1. The first kappa shape index (κ1) is 9.68. The Morgan fingerprint density at radius 1 is 1.50 bits per heavy atom. The maximum atomic E-state index is 5.67. The van der Waals surface area contributed by atoms with Crippen molar-refractivity contribution in [2.24, 2.45) is 0 Å². The second-order valence-electron chi connectivity index (χ2n) is 3.47. The highest BCUT2D eigenvalue weighted by Crippen LogP contribution is 2.15. The van der Waals surface area contributed by atoms with Gasteiger partial charge in [0.1, 0.15) is 0 Å². The minimum atomic E-state index is 0.437. The molecule has 1 aliphatic rings. The maximum Gasteiger partial charge on any atom is 0.151 e. The summed E-state index contributed by atoms with van der Waals surface area (Å²) in [7, 11) is 2.04. The van der Waals surface area contributed by atoms with Gasteiger partial charge in [-0.05, 0) is 25.1 Å². The first-order valence-electron chi connectivity index (χ1n) is 4.70. The second kappa shape index (κ2) is 4.11. The Balaban J connectivity index is 2.09. The Hall–Kier alpha value is -0.870. The molecule has 1 aliphatic heterocycles. The van der Waals surface area contributed by atoms with Crippen LogP contribution in [0.25, 0.3) is 0 Å². The minimum absolute atomic E-state index is 0.437. The van der Waals surface area contributed by atoms with Gasteiger partial charge >= 0.3 is 0 Å². The summed E-state index contributed by atoms with van der Waals surface area (Å²) in [6, 6.07) is 4.18. The van der Waals surface area contributed by atoms with Crippen molar-refractivity contribution >= 4 is 17.4 Å². The summed E-state index contributed by atoms with van der Waals surface area (Å²) in [6.07, 6.45) is 1.15. The van der Waals surface area contributed by atoms with E-state index < -0.39 is 0 Å². The van der Waals surface area contributed by atoms with E-state index in [1.54, 1.807) is 6.07 Å². The van der Waals surface area contributed by atoms with Crippen LogP contribution in [-0.4, -0.2) is 36.4 Å². The zero-order valence-corrected chi connectivity index (χ0v) is 8.83. The van der Waals surface area contributed by atoms with E-state index in [-0.39, 0.29) is 0 Å². The molecule has 14 heavy (non-hydrogen) atoms. The molecule has 1 aromatic rings. The molecule has 0 radical (unpaired) electrons. The molecule has 76 valence electrons. The van der Waals surface area contributed by atoms with Crippen LogP contribution in [0.3, 0.4) is 0 Å². The average molecular weight is 213 g/mol. The SMILES string of the molecule is CN(c1ccc(Cl)nn1)[C@@H]1CCNC1. The maximum absolute atomic E-state index is 5.67. The van der Waals surface area contributed by atoms with E-state index in [1.165, 1.54) is 0 Å². The number of nitrogens with zero attached hydrogens (tertiary/aromatic N) is 3. The van der Waals surface area contributed by atoms with Crippen molar-refractivity contribution in [3.63, 3.8) is 0 Å². The molecule has 0 bridgehead atoms. The quantitative estimate of drug-likeness (QED) is 0.792. The van der Waals surface area contributed by atoms with E-state index in [0.717, 1.165) is 25.3 Å². The highest BCUT2D eigenvalue weighted by molar-refractivity contribution is 6.29. The zero-order valence-electron chi connectivity index (χ0n) is 8.07. The van der Waals surface area contributed by atoms with E-state index in [1.807, 2.05) is 13.1 Å². The highest BCUT2D eigenvalue weighted by atomic mass is 35.5. The number of likely N-dealkylation sites (N-methyl/N-ethyl adjacent to an activating group) is 1. The van der Waals surface area contributed by atoms with Crippen LogP contribution in [0.1, 0.15) is 6.42 Å². The lowest BCUT2D eigenvalue weighted by atomic mass is 10.2. The van der Waals surface area contributed by atoms with Gasteiger partial charge in [0.15, 0.2) is 11.0 Å². The summed E-state index contributed by atoms with van der Waals surface area (Å²) >= 11 is 5.67. The third-order valence-electron chi connectivity index (χ3n) is 2.56. The van der Waals surface area contributed by atoms with E-state index in [9.17, 15) is 0 Å². The van der Waals surface area contributed by atoms with Gasteiger partial charge in [-0.15, -0.1) is 10.2 Å². The summed E-state index contributed by atoms with van der Waals surface area (Å²) in [4.78, 5) is 2.14. The topological polar surface area (TPSA) is 41.1 Å². The summed E-state index contributed by atoms with van der Waals surface area (Å²) < 4.78 is 0. The third-order valence-corrected chi connectivity index (χ3v) is 2.76. The summed E-state index contributed by atoms with van der Waals surface area (Å²) in [6.45, 7) is 2.09. The molecule has 1 atom stereocenters. The molecule has 5 heteroatoms. The number of nitrogens with one attached hydrogen (secondary N) is 1. The third kappa shape index (κ3) is 1.96. The fourth-order valence-corrected chi connectivity index (χ4v) is 1.75. The van der Waals surface area contributed by atoms with Crippen molar-refractivity contribution in [2.45, 2.75) is 12.5 Å². The number of aromatic nitrogens is 2. The van der Waals surface area contributed by atoms with Crippen molar-refractivity contribution in [2.75, 3.05) is 25.0 Å². The van der Waals surface area contributed by atoms with Gasteiger partial charge in [-0.3, -0.25) is 0 Å². The molecule has 0 saturated carbocycles. The van der Waals surface area contributed by atoms with Crippen LogP contribution in [0.15, 0.2) is 12.1 Å². The molecular formula is C9H13ClN4. The smallest absolute Gasteiger partial charge is 0.151 e. The fourth-order valence-electron chi connectivity index (χ4n) is 1.65. The molecule has 1 fully saturated rings. The summed E-state index contributed by atoms with van der Waals surface area (Å²) in [5.74, 6) is 0.878. The lowest BCUT2D eigenvalue weighted by molar-refractivity contribution is 0.672. The number of hydrogen-bond acceptors (Lipinski definition) is 4. The number of rotatable bonds is 2. The van der Waals surface area contributed by atoms with Gasteiger partial charge in [0.25, 0.3) is 0 Å². The molecule has 2 heterocycles. The molecule has 1 saturated heterocycles. The lowest BCUT2D eigenvalue weighted by Gasteiger charge is -2.23. The van der Waals surface area contributed by atoms with E-state index in [2.05, 4.69) is 20.4 Å². The standard InChI is InChI=1S/C9H13ClN4/c1-14(7-4-5-11-6-7)9-3-2-8(10)12-13-9/h2-3,7,11H,4-6H2,1H3/t7-/m1/s1. The Morgan fingerprint density at radius 2 is 2.36 bits per heavy atom. The Bertz CT molecular complexity index is 294. The molecule has 0 spiro atoms. The molecule has 0 aliphatic carbocycles. The van der Waals surface area contributed by atoms with Gasteiger partial charge in [-0.25, -0.2) is 0 Å². The Morgan fingerprint density at radius 3 is 2.93 bits per heavy atom. The largest absolute Gasteiger partial charge is 0.354 e. The summed E-state index contributed by atoms with van der Waals surface area (Å²) in [5.41, 5.74) is 0. The first-order valence-corrected chi connectivity index (χ1v) is 5.08. The monoisotopic (exact) mass is 212 g/mol. The minimum Gasteiger partial charge on any atom is -0.354 e. The van der Waals surface area contributed by atoms with Crippen LogP contribution in [-0.2, 0) is 0 Å². The Labute approximate surface area is 88.3 Å². The molecule has 2 rings (SSSR count). The summed E-state index contributed by atoms with van der Waals surface area (Å²) in [5, 5.41) is 11.6. The molecule has 1 N–H and O–H groups in total. The van der Waals surface area contributed by atoms with Crippen molar-refractivity contribution < 1.29 is 0 Å². The van der Waals surface area contributed by atoms with Crippen molar-refractivity contribution in [1.82, 2.24) is 15.5 Å². The lowest BCUT2D eigenvalue weighted by Crippen LogP contribution is -2.33. The van der Waals surface area contributed by atoms with Gasteiger partial charge in [-0.2, -0.15) is 0 Å². The second-order valence-corrected chi connectivity index (χ2v) is 3.86. The van der Waals surface area contributed by atoms with Crippen molar-refractivity contribution in [1.29, 1.82) is 0 Å². The molecule has 0 unspecified atom stereocenters. The van der Waals surface area contributed by atoms with E-state index >= 15 is 0 Å². The van der Waals surface area contributed by atoms with Crippen LogP contribution in [0.5, 0.6) is 0 Å². The van der Waals surface area contributed by atoms with E-state index in [4.69, 9.17) is 11.6 Å². The molecule has 1 aromatic heterocycles. The van der Waals surface area contributed by atoms with Crippen LogP contribution < -0.4 is 10.2 Å². The number of anilines is 1. The van der Waals surface area contributed by atoms with Gasteiger partial charge in [0, 0.05) is 19.6 Å². The fraction of sp³-hybridized carbons (Fsp3) is 0.556. The first-order chi connectivity index (χ1) is 6.77. The average Bonchev–Trinajstić information content (AvgIpc) is 2.71. The predicted molar refractivity (Wildman–Crippen MR) is 56.7 cm³/mol. The normalized spacial score (nSPS) is 21.1. The Kier molecular flexibility index (Phi) is 2.84. The van der Waals surface area contributed by atoms with Gasteiger partial charge < -0.3 is 10.2 Å². The van der Waals surface area contributed by atoms with Crippen LogP contribution in [0.2, 0.25) is 5.15 Å². The van der Waals surface area contributed by atoms with Gasteiger partial charge in [0.2, 0.25) is 0 Å². The van der Waals surface area contributed by atoms with Crippen LogP contribution >= 0.6 is 11.6 Å². The van der Waals surface area contributed by atoms with Gasteiger partial charge in [0.05, 0.1) is 0 Å². The number of halogens is 1. The van der Waals surface area contributed by atoms with E-state index in [0.29, 0.717) is 11.2 Å². The van der Waals surface area contributed by atoms with Crippen LogP contribution in [0.4, 0.5) is 5.82 Å². The van der Waals surface area contributed by atoms with Crippen molar-refractivity contribution in [3.8, 4) is 0 Å². The van der Waals surface area contributed by atoms with Gasteiger partial charge in [-0.1, -0.05) is 11.6 Å². The molecule has 0 amide bonds.